The van der Waals surface area contributed by atoms with Crippen molar-refractivity contribution < 1.29 is 19.1 Å². The molecule has 0 bridgehead atoms. The number of esters is 2. The van der Waals surface area contributed by atoms with E-state index in [1.54, 1.807) is 6.92 Å². The number of ether oxygens (including phenoxy) is 2. The zero-order valence-corrected chi connectivity index (χ0v) is 11.4. The Labute approximate surface area is 117 Å². The van der Waals surface area contributed by atoms with Crippen molar-refractivity contribution in [1.29, 1.82) is 0 Å². The van der Waals surface area contributed by atoms with Crippen molar-refractivity contribution in [3.05, 3.63) is 30.3 Å². The third-order valence-electron chi connectivity index (χ3n) is 2.92. The summed E-state index contributed by atoms with van der Waals surface area (Å²) in [6.07, 6.45) is 0.181. The Balaban J connectivity index is 2.28. The van der Waals surface area contributed by atoms with Gasteiger partial charge >= 0.3 is 11.9 Å². The number of para-hydroxylation sites is 1. The fourth-order valence-corrected chi connectivity index (χ4v) is 1.99. The predicted molar refractivity (Wildman–Crippen MR) is 73.4 cm³/mol. The molecule has 0 unspecified atom stereocenters. The monoisotopic (exact) mass is 276 g/mol. The Bertz CT molecular complexity index is 527. The predicted octanol–water partition coefficient (Wildman–Crippen LogP) is 1.36. The number of methoxy groups -OCH3 is 1. The molecule has 0 fully saturated rings. The van der Waals surface area contributed by atoms with Crippen LogP contribution >= 0.6 is 0 Å². The van der Waals surface area contributed by atoms with Gasteiger partial charge in [0.25, 0.3) is 0 Å². The standard InChI is InChI=1S/C14H16N2O4/c1-3-20-13(17)11-9-12(14(18)19-2)16(15-11)10-7-5-4-6-8-10/h4-8,12H,3,9H2,1-2H3/t12-/m1/s1. The maximum absolute atomic E-state index is 11.8. The van der Waals surface area contributed by atoms with Crippen LogP contribution in [0.25, 0.3) is 0 Å². The largest absolute Gasteiger partial charge is 0.467 e. The van der Waals surface area contributed by atoms with E-state index in [0.717, 1.165) is 5.69 Å². The summed E-state index contributed by atoms with van der Waals surface area (Å²) in [5, 5.41) is 5.70. The molecule has 1 aromatic carbocycles. The second-order valence-electron chi connectivity index (χ2n) is 4.19. The summed E-state index contributed by atoms with van der Waals surface area (Å²) in [7, 11) is 1.31. The van der Waals surface area contributed by atoms with Gasteiger partial charge in [-0.15, -0.1) is 0 Å². The first-order valence-electron chi connectivity index (χ1n) is 6.34. The quantitative estimate of drug-likeness (QED) is 0.777. The molecule has 20 heavy (non-hydrogen) atoms. The second-order valence-corrected chi connectivity index (χ2v) is 4.19. The zero-order valence-electron chi connectivity index (χ0n) is 11.4. The van der Waals surface area contributed by atoms with Gasteiger partial charge in [-0.2, -0.15) is 5.10 Å². The fraction of sp³-hybridized carbons (Fsp3) is 0.357. The molecule has 0 saturated heterocycles. The van der Waals surface area contributed by atoms with Crippen LogP contribution in [-0.4, -0.2) is 37.4 Å². The third-order valence-corrected chi connectivity index (χ3v) is 2.92. The summed E-state index contributed by atoms with van der Waals surface area (Å²) in [6, 6.07) is 8.52. The van der Waals surface area contributed by atoms with E-state index in [1.807, 2.05) is 30.3 Å². The molecule has 0 amide bonds. The van der Waals surface area contributed by atoms with Crippen LogP contribution in [-0.2, 0) is 19.1 Å². The van der Waals surface area contributed by atoms with Crippen molar-refractivity contribution in [2.75, 3.05) is 18.7 Å². The van der Waals surface area contributed by atoms with Crippen molar-refractivity contribution in [1.82, 2.24) is 0 Å². The summed E-state index contributed by atoms with van der Waals surface area (Å²) < 4.78 is 9.69. The van der Waals surface area contributed by atoms with E-state index in [-0.39, 0.29) is 18.7 Å². The van der Waals surface area contributed by atoms with Gasteiger partial charge in [0.1, 0.15) is 5.71 Å². The van der Waals surface area contributed by atoms with Crippen LogP contribution in [0.5, 0.6) is 0 Å². The molecule has 1 aliphatic heterocycles. The van der Waals surface area contributed by atoms with Crippen LogP contribution in [0, 0.1) is 0 Å². The normalized spacial score (nSPS) is 17.6. The molecule has 6 nitrogen and oxygen atoms in total. The lowest BCUT2D eigenvalue weighted by molar-refractivity contribution is -0.141. The average molecular weight is 276 g/mol. The molecule has 0 N–H and O–H groups in total. The first-order valence-corrected chi connectivity index (χ1v) is 6.34. The van der Waals surface area contributed by atoms with Crippen LogP contribution in [0.15, 0.2) is 35.4 Å². The maximum Gasteiger partial charge on any atom is 0.354 e. The minimum Gasteiger partial charge on any atom is -0.467 e. The number of anilines is 1. The van der Waals surface area contributed by atoms with Crippen molar-refractivity contribution >= 4 is 23.3 Å². The summed E-state index contributed by atoms with van der Waals surface area (Å²) in [6.45, 7) is 1.99. The average Bonchev–Trinajstić information content (AvgIpc) is 2.93. The number of carbonyl (C=O) groups is 2. The molecule has 0 aliphatic carbocycles. The van der Waals surface area contributed by atoms with Gasteiger partial charge < -0.3 is 9.47 Å². The molecular formula is C14H16N2O4. The molecule has 0 radical (unpaired) electrons. The molecule has 106 valence electrons. The summed E-state index contributed by atoms with van der Waals surface area (Å²) in [4.78, 5) is 23.6. The van der Waals surface area contributed by atoms with Crippen molar-refractivity contribution in [3.63, 3.8) is 0 Å². The molecule has 0 aromatic heterocycles. The molecule has 1 heterocycles. The topological polar surface area (TPSA) is 68.2 Å². The first-order chi connectivity index (χ1) is 9.67. The van der Waals surface area contributed by atoms with E-state index in [0.29, 0.717) is 0 Å². The van der Waals surface area contributed by atoms with Crippen LogP contribution in [0.1, 0.15) is 13.3 Å². The second kappa shape index (κ2) is 6.18. The molecule has 0 saturated carbocycles. The Hall–Kier alpha value is -2.37. The zero-order chi connectivity index (χ0) is 14.5. The van der Waals surface area contributed by atoms with Crippen molar-refractivity contribution in [2.24, 2.45) is 5.10 Å². The van der Waals surface area contributed by atoms with E-state index in [2.05, 4.69) is 5.10 Å². The summed E-state index contributed by atoms with van der Waals surface area (Å²) in [5.41, 5.74) is 0.952. The molecule has 1 aromatic rings. The lowest BCUT2D eigenvalue weighted by Gasteiger charge is -2.21. The number of nitrogens with zero attached hydrogens (tertiary/aromatic N) is 2. The Morgan fingerprint density at radius 2 is 2.05 bits per heavy atom. The number of hydrogen-bond acceptors (Lipinski definition) is 6. The van der Waals surface area contributed by atoms with Gasteiger partial charge in [0.15, 0.2) is 6.04 Å². The number of benzene rings is 1. The van der Waals surface area contributed by atoms with E-state index >= 15 is 0 Å². The molecular weight excluding hydrogens is 260 g/mol. The minimum atomic E-state index is -0.637. The minimum absolute atomic E-state index is 0.181. The van der Waals surface area contributed by atoms with Gasteiger partial charge in [0.05, 0.1) is 19.4 Å². The van der Waals surface area contributed by atoms with Crippen LogP contribution in [0.2, 0.25) is 0 Å². The van der Waals surface area contributed by atoms with E-state index < -0.39 is 18.0 Å². The van der Waals surface area contributed by atoms with Crippen molar-refractivity contribution in [2.45, 2.75) is 19.4 Å². The maximum atomic E-state index is 11.8. The number of hydrogen-bond donors (Lipinski definition) is 0. The van der Waals surface area contributed by atoms with Gasteiger partial charge in [-0.05, 0) is 19.1 Å². The lowest BCUT2D eigenvalue weighted by atomic mass is 10.1. The Morgan fingerprint density at radius 3 is 2.65 bits per heavy atom. The summed E-state index contributed by atoms with van der Waals surface area (Å²) in [5.74, 6) is -0.934. The number of carbonyl (C=O) groups excluding carboxylic acids is 2. The smallest absolute Gasteiger partial charge is 0.354 e. The molecule has 0 spiro atoms. The highest BCUT2D eigenvalue weighted by molar-refractivity contribution is 6.38. The summed E-state index contributed by atoms with van der Waals surface area (Å²) >= 11 is 0. The van der Waals surface area contributed by atoms with E-state index in [9.17, 15) is 9.59 Å². The highest BCUT2D eigenvalue weighted by Crippen LogP contribution is 2.25. The van der Waals surface area contributed by atoms with Crippen molar-refractivity contribution in [3.8, 4) is 0 Å². The fourth-order valence-electron chi connectivity index (χ4n) is 1.99. The Kier molecular flexibility index (Phi) is 4.34. The first kappa shape index (κ1) is 14.0. The molecule has 6 heteroatoms. The van der Waals surface area contributed by atoms with E-state index in [1.165, 1.54) is 12.1 Å². The van der Waals surface area contributed by atoms with E-state index in [4.69, 9.17) is 9.47 Å². The number of hydrazone groups is 1. The van der Waals surface area contributed by atoms with Crippen LogP contribution in [0.3, 0.4) is 0 Å². The van der Waals surface area contributed by atoms with Gasteiger partial charge in [-0.1, -0.05) is 18.2 Å². The Morgan fingerprint density at radius 1 is 1.35 bits per heavy atom. The van der Waals surface area contributed by atoms with Gasteiger partial charge in [-0.25, -0.2) is 9.59 Å². The van der Waals surface area contributed by atoms with Crippen LogP contribution < -0.4 is 5.01 Å². The lowest BCUT2D eigenvalue weighted by Crippen LogP contribution is -2.35. The van der Waals surface area contributed by atoms with Gasteiger partial charge in [0, 0.05) is 6.42 Å². The SMILES string of the molecule is CCOC(=O)C1=NN(c2ccccc2)[C@@H](C(=O)OC)C1. The van der Waals surface area contributed by atoms with Gasteiger partial charge in [0.2, 0.25) is 0 Å². The third kappa shape index (κ3) is 2.79. The van der Waals surface area contributed by atoms with Gasteiger partial charge in [-0.3, -0.25) is 5.01 Å². The molecule has 1 aliphatic rings. The highest BCUT2D eigenvalue weighted by atomic mass is 16.5. The number of rotatable bonds is 4. The molecule has 1 atom stereocenters. The van der Waals surface area contributed by atoms with Crippen LogP contribution in [0.4, 0.5) is 5.69 Å². The highest BCUT2D eigenvalue weighted by Gasteiger charge is 2.37. The molecule has 2 rings (SSSR count).